The minimum absolute atomic E-state index is 0.0788. The van der Waals surface area contributed by atoms with Gasteiger partial charge in [-0.3, -0.25) is 19.3 Å². The number of likely N-dealkylation sites (N-methyl/N-ethyl adjacent to an activating group) is 1. The van der Waals surface area contributed by atoms with E-state index in [4.69, 9.17) is 14.2 Å². The molecule has 1 saturated heterocycles. The molecule has 8 nitrogen and oxygen atoms in total. The molecule has 0 aromatic carbocycles. The molecule has 0 aromatic rings. The molecule has 1 heterocycles. The van der Waals surface area contributed by atoms with E-state index in [9.17, 15) is 14.4 Å². The van der Waals surface area contributed by atoms with E-state index < -0.39 is 0 Å². The van der Waals surface area contributed by atoms with Crippen LogP contribution in [0.5, 0.6) is 0 Å². The number of rotatable bonds is 25. The van der Waals surface area contributed by atoms with E-state index in [1.165, 1.54) is 64.2 Å². The lowest BCUT2D eigenvalue weighted by Gasteiger charge is -2.56. The topological polar surface area (TPSA) is 85.4 Å². The summed E-state index contributed by atoms with van der Waals surface area (Å²) < 4.78 is 17.1. The molecule has 4 bridgehead atoms. The number of hydrogen-bond donors (Lipinski definition) is 0. The largest absolute Gasteiger partial charge is 0.465 e. The molecule has 4 saturated carbocycles. The number of piperazine rings is 1. The van der Waals surface area contributed by atoms with Gasteiger partial charge in [-0.15, -0.1) is 0 Å². The highest BCUT2D eigenvalue weighted by Gasteiger charge is 2.51. The monoisotopic (exact) mass is 699 g/mol. The maximum atomic E-state index is 13.1. The zero-order valence-electron chi connectivity index (χ0n) is 31.8. The molecule has 1 unspecified atom stereocenters. The van der Waals surface area contributed by atoms with E-state index >= 15 is 0 Å². The van der Waals surface area contributed by atoms with Crippen molar-refractivity contribution in [3.05, 3.63) is 24.3 Å². The number of hydrogen-bond acceptors (Lipinski definition) is 8. The third-order valence-electron chi connectivity index (χ3n) is 11.7. The molecule has 8 heteroatoms. The Labute approximate surface area is 304 Å². The zero-order valence-corrected chi connectivity index (χ0v) is 31.8. The molecule has 0 amide bonds. The summed E-state index contributed by atoms with van der Waals surface area (Å²) in [7, 11) is 2.09. The Kier molecular flexibility index (Phi) is 18.4. The fraction of sp³-hybridized carbons (Fsp3) is 0.833. The van der Waals surface area contributed by atoms with Crippen molar-refractivity contribution >= 4 is 17.9 Å². The van der Waals surface area contributed by atoms with Gasteiger partial charge in [-0.05, 0) is 107 Å². The zero-order chi connectivity index (χ0) is 35.4. The standard InChI is InChI=1S/C42H70N2O6/c1-3-4-5-6-7-8-9-10-11-12-13-14-15-16-17-18-19-39(45)48-32-38(34-50-41(47)31-44-22-20-43(2)21-23-44)33-49-40(46)30-42-27-35-24-36(28-42)26-37(25-35)29-42/h7-8,10-11,35-38H,3-6,9,12-34H2,1-2H3/b8-7-,11-10-. The van der Waals surface area contributed by atoms with Crippen LogP contribution < -0.4 is 0 Å². The average Bonchev–Trinajstić information content (AvgIpc) is 3.08. The summed E-state index contributed by atoms with van der Waals surface area (Å²) >= 11 is 0. The normalized spacial score (nSPS) is 25.8. The van der Waals surface area contributed by atoms with Gasteiger partial charge in [-0.1, -0.05) is 69.8 Å². The van der Waals surface area contributed by atoms with Crippen LogP contribution in [0.4, 0.5) is 0 Å². The van der Waals surface area contributed by atoms with Gasteiger partial charge in [0.2, 0.25) is 0 Å². The first-order valence-electron chi connectivity index (χ1n) is 20.5. The van der Waals surface area contributed by atoms with Crippen molar-refractivity contribution in [2.75, 3.05) is 59.6 Å². The van der Waals surface area contributed by atoms with Gasteiger partial charge in [0.1, 0.15) is 19.8 Å². The van der Waals surface area contributed by atoms with Crippen molar-refractivity contribution in [1.82, 2.24) is 9.80 Å². The van der Waals surface area contributed by atoms with Crippen LogP contribution in [-0.2, 0) is 28.6 Å². The van der Waals surface area contributed by atoms with Gasteiger partial charge in [0.05, 0.1) is 18.9 Å². The second-order valence-electron chi connectivity index (χ2n) is 16.4. The average molecular weight is 699 g/mol. The number of carbonyl (C=O) groups is 3. The third kappa shape index (κ3) is 15.6. The van der Waals surface area contributed by atoms with Gasteiger partial charge in [0.15, 0.2) is 0 Å². The van der Waals surface area contributed by atoms with Gasteiger partial charge in [-0.25, -0.2) is 0 Å². The van der Waals surface area contributed by atoms with E-state index in [0.29, 0.717) is 12.8 Å². The summed E-state index contributed by atoms with van der Waals surface area (Å²) in [5, 5.41) is 0. The molecular weight excluding hydrogens is 628 g/mol. The summed E-state index contributed by atoms with van der Waals surface area (Å²) in [6.45, 7) is 6.30. The smallest absolute Gasteiger partial charge is 0.320 e. The van der Waals surface area contributed by atoms with Crippen LogP contribution in [0.15, 0.2) is 24.3 Å². The third-order valence-corrected chi connectivity index (χ3v) is 11.7. The highest BCUT2D eigenvalue weighted by molar-refractivity contribution is 5.72. The Morgan fingerprint density at radius 3 is 1.78 bits per heavy atom. The molecule has 5 rings (SSSR count). The van der Waals surface area contributed by atoms with E-state index in [-0.39, 0.29) is 55.6 Å². The molecule has 1 aliphatic heterocycles. The number of esters is 3. The second-order valence-corrected chi connectivity index (χ2v) is 16.4. The minimum Gasteiger partial charge on any atom is -0.465 e. The van der Waals surface area contributed by atoms with Gasteiger partial charge in [0, 0.05) is 32.6 Å². The van der Waals surface area contributed by atoms with Crippen molar-refractivity contribution < 1.29 is 28.6 Å². The maximum Gasteiger partial charge on any atom is 0.320 e. The summed E-state index contributed by atoms with van der Waals surface area (Å²) in [6, 6.07) is 0. The van der Waals surface area contributed by atoms with Crippen LogP contribution >= 0.6 is 0 Å². The molecular formula is C42H70N2O6. The summed E-state index contributed by atoms with van der Waals surface area (Å²) in [5.74, 6) is 1.30. The highest BCUT2D eigenvalue weighted by atomic mass is 16.6. The molecule has 50 heavy (non-hydrogen) atoms. The van der Waals surface area contributed by atoms with Crippen LogP contribution in [0.25, 0.3) is 0 Å². The minimum atomic E-state index is -0.369. The van der Waals surface area contributed by atoms with Crippen molar-refractivity contribution in [2.24, 2.45) is 29.1 Å². The SMILES string of the molecule is CCCCC/C=C\C/C=C\CCCCCCCCC(=O)OCC(COC(=O)CN1CCN(C)CC1)COC(=O)CC12CC3CC(CC(C3)C1)C2. The Morgan fingerprint density at radius 1 is 0.660 bits per heavy atom. The number of ether oxygens (including phenoxy) is 3. The summed E-state index contributed by atoms with van der Waals surface area (Å²) in [4.78, 5) is 42.8. The van der Waals surface area contributed by atoms with Crippen molar-refractivity contribution in [3.63, 3.8) is 0 Å². The Morgan fingerprint density at radius 2 is 1.18 bits per heavy atom. The van der Waals surface area contributed by atoms with Gasteiger partial charge < -0.3 is 19.1 Å². The molecule has 0 N–H and O–H groups in total. The van der Waals surface area contributed by atoms with Gasteiger partial charge in [0.25, 0.3) is 0 Å². The molecule has 5 fully saturated rings. The quantitative estimate of drug-likeness (QED) is 0.0408. The molecule has 0 radical (unpaired) electrons. The fourth-order valence-corrected chi connectivity index (χ4v) is 9.20. The van der Waals surface area contributed by atoms with Crippen LogP contribution in [0.2, 0.25) is 0 Å². The molecule has 0 spiro atoms. The van der Waals surface area contributed by atoms with Crippen LogP contribution in [-0.4, -0.2) is 87.3 Å². The number of carbonyl (C=O) groups excluding carboxylic acids is 3. The van der Waals surface area contributed by atoms with Crippen molar-refractivity contribution in [1.29, 1.82) is 0 Å². The van der Waals surface area contributed by atoms with Crippen molar-refractivity contribution in [2.45, 2.75) is 135 Å². The lowest BCUT2D eigenvalue weighted by Crippen LogP contribution is -2.47. The molecule has 0 aromatic heterocycles. The Hall–Kier alpha value is -2.19. The van der Waals surface area contributed by atoms with Gasteiger partial charge in [-0.2, -0.15) is 0 Å². The lowest BCUT2D eigenvalue weighted by molar-refractivity contribution is -0.157. The predicted molar refractivity (Wildman–Crippen MR) is 200 cm³/mol. The molecule has 284 valence electrons. The first-order valence-corrected chi connectivity index (χ1v) is 20.5. The number of nitrogens with zero attached hydrogens (tertiary/aromatic N) is 2. The van der Waals surface area contributed by atoms with Gasteiger partial charge >= 0.3 is 17.9 Å². The first kappa shape index (κ1) is 40.6. The van der Waals surface area contributed by atoms with E-state index in [0.717, 1.165) is 95.3 Å². The summed E-state index contributed by atoms with van der Waals surface area (Å²) in [6.07, 6.45) is 31.4. The van der Waals surface area contributed by atoms with E-state index in [1.54, 1.807) is 0 Å². The summed E-state index contributed by atoms with van der Waals surface area (Å²) in [5.41, 5.74) is 0.116. The van der Waals surface area contributed by atoms with Crippen LogP contribution in [0, 0.1) is 29.1 Å². The molecule has 1 atom stereocenters. The number of unbranched alkanes of at least 4 members (excludes halogenated alkanes) is 9. The van der Waals surface area contributed by atoms with Crippen molar-refractivity contribution in [3.8, 4) is 0 Å². The van der Waals surface area contributed by atoms with E-state index in [1.807, 2.05) is 0 Å². The lowest BCUT2D eigenvalue weighted by atomic mass is 9.49. The van der Waals surface area contributed by atoms with Crippen LogP contribution in [0.3, 0.4) is 0 Å². The molecule has 5 aliphatic rings. The maximum absolute atomic E-state index is 13.1. The fourth-order valence-electron chi connectivity index (χ4n) is 9.20. The second kappa shape index (κ2) is 22.7. The molecule has 4 aliphatic carbocycles. The number of allylic oxidation sites excluding steroid dienone is 4. The van der Waals surface area contributed by atoms with Crippen LogP contribution in [0.1, 0.15) is 135 Å². The Balaban J connectivity index is 1.09. The predicted octanol–water partition coefficient (Wildman–Crippen LogP) is 8.29. The first-order chi connectivity index (χ1) is 24.3. The van der Waals surface area contributed by atoms with E-state index in [2.05, 4.69) is 48.1 Å². The Bertz CT molecular complexity index is 1030. The highest BCUT2D eigenvalue weighted by Crippen LogP contribution is 2.61.